The van der Waals surface area contributed by atoms with Gasteiger partial charge in [-0.05, 0) is 86.5 Å². The molecule has 6 heteroatoms. The quantitative estimate of drug-likeness (QED) is 0.165. The first-order valence-electron chi connectivity index (χ1n) is 24.7. The zero-order valence-corrected chi connectivity index (χ0v) is 40.1. The van der Waals surface area contributed by atoms with E-state index < -0.39 is 0 Å². The van der Waals surface area contributed by atoms with Crippen LogP contribution in [0.3, 0.4) is 0 Å². The summed E-state index contributed by atoms with van der Waals surface area (Å²) in [7, 11) is 0. The lowest BCUT2D eigenvalue weighted by molar-refractivity contribution is 0.442. The highest BCUT2D eigenvalue weighted by atomic mass is 16.5. The van der Waals surface area contributed by atoms with Crippen molar-refractivity contribution in [3.05, 3.63) is 232 Å². The number of nitrogens with zero attached hydrogens (tertiary/aromatic N) is 2. The summed E-state index contributed by atoms with van der Waals surface area (Å²) in [6, 6.07) is 66.8. The summed E-state index contributed by atoms with van der Waals surface area (Å²) in [4.78, 5) is 4.80. The van der Waals surface area contributed by atoms with Crippen molar-refractivity contribution < 1.29 is 14.2 Å². The second-order valence-electron chi connectivity index (χ2n) is 21.6. The van der Waals surface area contributed by atoms with Crippen molar-refractivity contribution in [2.24, 2.45) is 0 Å². The molecule has 0 amide bonds. The van der Waals surface area contributed by atoms with Crippen LogP contribution in [0.1, 0.15) is 97.5 Å². The first-order valence-corrected chi connectivity index (χ1v) is 24.7. The van der Waals surface area contributed by atoms with E-state index in [0.29, 0.717) is 0 Å². The van der Waals surface area contributed by atoms with Gasteiger partial charge in [-0.15, -0.1) is 0 Å². The smallest absolute Gasteiger partial charge is 0.270 e. The fraction of sp³-hybridized carbons (Fsp3) is 0.156. The normalized spacial score (nSPS) is 17.0. The van der Waals surface area contributed by atoms with Gasteiger partial charge in [-0.2, -0.15) is 0 Å². The molecule has 9 aromatic rings. The standard InChI is InChI=1S/C64H49BN2O3/c1-62(2)42-21-9-7-19-40(42)58(41-20-8-10-22-43(41)62)37-31-52-59-53(32-37)69-55-34-39(67-50-29-17-13-25-46(50)64(5,6)47-26-14-18-30-51(47)67)36-57-61(55)65(59)60-54(68-52)33-38(35-56(60)70-57)66-48-27-15-11-23-44(48)63(3,4)45-24-12-16-28-49(45)66/h7-36,58H,1-6H3. The van der Waals surface area contributed by atoms with E-state index in [2.05, 4.69) is 233 Å². The van der Waals surface area contributed by atoms with Crippen LogP contribution >= 0.6 is 0 Å². The van der Waals surface area contributed by atoms with Gasteiger partial charge >= 0.3 is 0 Å². The summed E-state index contributed by atoms with van der Waals surface area (Å²) in [6.07, 6.45) is 0. The Morgan fingerprint density at radius 3 is 0.957 bits per heavy atom. The van der Waals surface area contributed by atoms with Crippen molar-refractivity contribution in [2.75, 3.05) is 9.80 Å². The molecule has 0 aromatic heterocycles. The maximum atomic E-state index is 7.37. The van der Waals surface area contributed by atoms with E-state index in [0.717, 1.165) is 90.6 Å². The third kappa shape index (κ3) is 5.13. The van der Waals surface area contributed by atoms with Gasteiger partial charge in [0.2, 0.25) is 0 Å². The van der Waals surface area contributed by atoms with Crippen molar-refractivity contribution in [3.8, 4) is 34.5 Å². The molecule has 0 spiro atoms. The van der Waals surface area contributed by atoms with Crippen LogP contribution in [0.2, 0.25) is 0 Å². The van der Waals surface area contributed by atoms with E-state index in [-0.39, 0.29) is 28.9 Å². The molecule has 0 bridgehead atoms. The molecule has 15 rings (SSSR count). The molecule has 6 aliphatic rings. The Morgan fingerprint density at radius 2 is 0.614 bits per heavy atom. The van der Waals surface area contributed by atoms with E-state index in [1.54, 1.807) is 0 Å². The van der Waals surface area contributed by atoms with Crippen LogP contribution in [-0.2, 0) is 16.2 Å². The average Bonchev–Trinajstić information content (AvgIpc) is 3.36. The second kappa shape index (κ2) is 13.6. The molecular weight excluding hydrogens is 856 g/mol. The molecule has 0 N–H and O–H groups in total. The molecule has 0 unspecified atom stereocenters. The van der Waals surface area contributed by atoms with Crippen LogP contribution in [0, 0.1) is 0 Å². The van der Waals surface area contributed by atoms with Gasteiger partial charge in [0, 0.05) is 62.8 Å². The minimum atomic E-state index is -0.203. The molecule has 5 nitrogen and oxygen atoms in total. The molecule has 0 saturated heterocycles. The van der Waals surface area contributed by atoms with E-state index in [1.165, 1.54) is 44.5 Å². The molecule has 0 fully saturated rings. The van der Waals surface area contributed by atoms with Crippen LogP contribution in [-0.4, -0.2) is 6.71 Å². The van der Waals surface area contributed by atoms with Gasteiger partial charge in [0.15, 0.2) is 0 Å². The van der Waals surface area contributed by atoms with Crippen molar-refractivity contribution in [1.82, 2.24) is 0 Å². The predicted octanol–water partition coefficient (Wildman–Crippen LogP) is 14.6. The Bertz CT molecular complexity index is 3180. The SMILES string of the molecule is CC1(C)c2ccccc2C(c2cc3c4c(c2)Oc2cc(N5c6ccccc6C(C)(C)c6ccccc65)cc5c2B4c2c(cc(N4c6ccccc6C(C)(C)c6ccccc64)cc2O5)O3)c2ccccc21. The number of hydrogen-bond acceptors (Lipinski definition) is 5. The minimum absolute atomic E-state index is 0.0372. The van der Waals surface area contributed by atoms with Gasteiger partial charge in [0.1, 0.15) is 34.5 Å². The summed E-state index contributed by atoms with van der Waals surface area (Å²) in [6.45, 7) is 13.9. The van der Waals surface area contributed by atoms with Gasteiger partial charge in [-0.1, -0.05) is 163 Å². The van der Waals surface area contributed by atoms with Crippen molar-refractivity contribution in [3.63, 3.8) is 0 Å². The average molecular weight is 905 g/mol. The highest BCUT2D eigenvalue weighted by molar-refractivity contribution is 6.99. The highest BCUT2D eigenvalue weighted by Gasteiger charge is 2.49. The Morgan fingerprint density at radius 1 is 0.343 bits per heavy atom. The number of fused-ring (bicyclic) bond motifs is 6. The van der Waals surface area contributed by atoms with Crippen LogP contribution < -0.4 is 40.4 Å². The molecular formula is C64H49BN2O3. The lowest BCUT2D eigenvalue weighted by Gasteiger charge is -2.44. The van der Waals surface area contributed by atoms with Gasteiger partial charge in [-0.25, -0.2) is 0 Å². The zero-order valence-electron chi connectivity index (χ0n) is 40.1. The van der Waals surface area contributed by atoms with Crippen LogP contribution in [0.5, 0.6) is 34.5 Å². The Hall–Kier alpha value is -7.96. The number of para-hydroxylation sites is 4. The number of rotatable bonds is 3. The molecule has 9 aromatic carbocycles. The predicted molar refractivity (Wildman–Crippen MR) is 284 cm³/mol. The fourth-order valence-electron chi connectivity index (χ4n) is 13.6. The molecule has 336 valence electrons. The zero-order chi connectivity index (χ0) is 47.0. The topological polar surface area (TPSA) is 34.2 Å². The summed E-state index contributed by atoms with van der Waals surface area (Å²) in [5.41, 5.74) is 20.6. The van der Waals surface area contributed by atoms with Crippen LogP contribution in [0.4, 0.5) is 34.1 Å². The first kappa shape index (κ1) is 40.0. The Balaban J connectivity index is 0.983. The fourth-order valence-corrected chi connectivity index (χ4v) is 13.6. The summed E-state index contributed by atoms with van der Waals surface area (Å²) in [5, 5.41) is 0. The Labute approximate surface area is 409 Å². The molecule has 5 aliphatic heterocycles. The first-order chi connectivity index (χ1) is 34.0. The van der Waals surface area contributed by atoms with Crippen LogP contribution in [0.15, 0.2) is 182 Å². The number of anilines is 6. The van der Waals surface area contributed by atoms with Gasteiger partial charge < -0.3 is 24.0 Å². The van der Waals surface area contributed by atoms with E-state index >= 15 is 0 Å². The van der Waals surface area contributed by atoms with Crippen molar-refractivity contribution in [1.29, 1.82) is 0 Å². The maximum Gasteiger partial charge on any atom is 0.270 e. The lowest BCUT2D eigenvalue weighted by atomic mass is 9.34. The molecule has 1 aliphatic carbocycles. The third-order valence-corrected chi connectivity index (χ3v) is 16.8. The largest absolute Gasteiger partial charge is 0.458 e. The number of benzene rings is 9. The maximum absolute atomic E-state index is 7.37. The highest BCUT2D eigenvalue weighted by Crippen LogP contribution is 2.57. The summed E-state index contributed by atoms with van der Waals surface area (Å²) in [5.74, 6) is 4.75. The van der Waals surface area contributed by atoms with Gasteiger partial charge in [0.05, 0.1) is 34.1 Å². The summed E-state index contributed by atoms with van der Waals surface area (Å²) < 4.78 is 22.1. The van der Waals surface area contributed by atoms with Gasteiger partial charge in [0.25, 0.3) is 6.71 Å². The van der Waals surface area contributed by atoms with Crippen molar-refractivity contribution in [2.45, 2.75) is 63.7 Å². The molecule has 70 heavy (non-hydrogen) atoms. The van der Waals surface area contributed by atoms with E-state index in [1.807, 2.05) is 0 Å². The third-order valence-electron chi connectivity index (χ3n) is 16.8. The number of ether oxygens (including phenoxy) is 3. The molecule has 0 saturated carbocycles. The Kier molecular flexibility index (Phi) is 7.79. The van der Waals surface area contributed by atoms with E-state index in [9.17, 15) is 0 Å². The lowest BCUT2D eigenvalue weighted by Crippen LogP contribution is -2.59. The van der Waals surface area contributed by atoms with E-state index in [4.69, 9.17) is 14.2 Å². The monoisotopic (exact) mass is 904 g/mol. The second-order valence-corrected chi connectivity index (χ2v) is 21.6. The number of hydrogen-bond donors (Lipinski definition) is 0. The van der Waals surface area contributed by atoms with Crippen LogP contribution in [0.25, 0.3) is 0 Å². The molecule has 5 heterocycles. The summed E-state index contributed by atoms with van der Waals surface area (Å²) >= 11 is 0. The van der Waals surface area contributed by atoms with Crippen molar-refractivity contribution >= 4 is 57.2 Å². The molecule has 0 atom stereocenters. The molecule has 0 radical (unpaired) electrons. The van der Waals surface area contributed by atoms with Gasteiger partial charge in [-0.3, -0.25) is 0 Å². The minimum Gasteiger partial charge on any atom is -0.458 e.